The lowest BCUT2D eigenvalue weighted by atomic mass is 9.82. The van der Waals surface area contributed by atoms with Gasteiger partial charge in [0.05, 0.1) is 17.5 Å². The van der Waals surface area contributed by atoms with Crippen LogP contribution in [0.5, 0.6) is 0 Å². The lowest BCUT2D eigenvalue weighted by molar-refractivity contribution is -0.122. The van der Waals surface area contributed by atoms with Crippen LogP contribution in [0.4, 0.5) is 17.1 Å². The van der Waals surface area contributed by atoms with E-state index in [4.69, 9.17) is 0 Å². The Balaban J connectivity index is 1.23. The molecule has 7 heteroatoms. The SMILES string of the molecule is CCCCCCCCCCCC(=O)Nc1ccc(NC(=O)c2cccc(N3C(=O)[C@H]4CC=C(C)C[C@H]4C3=O)c2)cc1. The fourth-order valence-corrected chi connectivity index (χ4v) is 5.74. The second kappa shape index (κ2) is 14.8. The molecule has 7 nitrogen and oxygen atoms in total. The molecule has 0 saturated carbocycles. The van der Waals surface area contributed by atoms with Gasteiger partial charge in [0.25, 0.3) is 5.91 Å². The van der Waals surface area contributed by atoms with Gasteiger partial charge >= 0.3 is 0 Å². The molecule has 0 spiro atoms. The number of hydrogen-bond acceptors (Lipinski definition) is 4. The number of imide groups is 1. The first-order valence-corrected chi connectivity index (χ1v) is 15.2. The van der Waals surface area contributed by atoms with Crippen molar-refractivity contribution in [2.45, 2.75) is 90.9 Å². The lowest BCUT2D eigenvalue weighted by Crippen LogP contribution is -2.31. The highest BCUT2D eigenvalue weighted by molar-refractivity contribution is 6.22. The molecule has 0 radical (unpaired) electrons. The van der Waals surface area contributed by atoms with Gasteiger partial charge in [-0.1, -0.05) is 76.0 Å². The van der Waals surface area contributed by atoms with Crippen LogP contribution in [0.15, 0.2) is 60.2 Å². The number of benzene rings is 2. The minimum atomic E-state index is -0.344. The van der Waals surface area contributed by atoms with Crippen LogP contribution in [0.1, 0.15) is 101 Å². The molecule has 0 unspecified atom stereocenters. The third kappa shape index (κ3) is 8.15. The molecule has 0 bridgehead atoms. The summed E-state index contributed by atoms with van der Waals surface area (Å²) in [6.45, 7) is 4.22. The first-order valence-electron chi connectivity index (χ1n) is 15.2. The Morgan fingerprint density at radius 3 is 2.10 bits per heavy atom. The number of nitrogens with zero attached hydrogens (tertiary/aromatic N) is 1. The molecule has 2 aromatic carbocycles. The maximum atomic E-state index is 13.1. The maximum Gasteiger partial charge on any atom is 0.255 e. The van der Waals surface area contributed by atoms with Gasteiger partial charge < -0.3 is 10.6 Å². The minimum absolute atomic E-state index is 0.00154. The molecule has 2 atom stereocenters. The van der Waals surface area contributed by atoms with Crippen LogP contribution >= 0.6 is 0 Å². The van der Waals surface area contributed by atoms with E-state index in [1.807, 2.05) is 13.0 Å². The summed E-state index contributed by atoms with van der Waals surface area (Å²) in [6, 6.07) is 13.6. The molecule has 2 aromatic rings. The Kier molecular flexibility index (Phi) is 10.9. The van der Waals surface area contributed by atoms with Gasteiger partial charge in [0.15, 0.2) is 0 Å². The van der Waals surface area contributed by atoms with Crippen molar-refractivity contribution in [3.05, 3.63) is 65.7 Å². The minimum Gasteiger partial charge on any atom is -0.326 e. The monoisotopic (exact) mass is 557 g/mol. The third-order valence-corrected chi connectivity index (χ3v) is 8.12. The summed E-state index contributed by atoms with van der Waals surface area (Å²) in [7, 11) is 0. The van der Waals surface area contributed by atoms with Crippen molar-refractivity contribution in [1.29, 1.82) is 0 Å². The van der Waals surface area contributed by atoms with Gasteiger partial charge in [-0.25, -0.2) is 0 Å². The van der Waals surface area contributed by atoms with E-state index in [1.165, 1.54) is 49.8 Å². The van der Waals surface area contributed by atoms with Crippen molar-refractivity contribution < 1.29 is 19.2 Å². The van der Waals surface area contributed by atoms with E-state index in [-0.39, 0.29) is 35.5 Å². The molecule has 218 valence electrons. The number of unbranched alkanes of at least 4 members (excludes halogenated alkanes) is 8. The summed E-state index contributed by atoms with van der Waals surface area (Å²) in [4.78, 5) is 52.6. The van der Waals surface area contributed by atoms with Crippen LogP contribution in [0.2, 0.25) is 0 Å². The van der Waals surface area contributed by atoms with E-state index >= 15 is 0 Å². The van der Waals surface area contributed by atoms with Crippen molar-refractivity contribution in [2.75, 3.05) is 15.5 Å². The Morgan fingerprint density at radius 2 is 1.41 bits per heavy atom. The zero-order chi connectivity index (χ0) is 29.2. The largest absolute Gasteiger partial charge is 0.326 e. The highest BCUT2D eigenvalue weighted by Gasteiger charge is 2.48. The van der Waals surface area contributed by atoms with E-state index in [0.717, 1.165) is 18.4 Å². The predicted octanol–water partition coefficient (Wildman–Crippen LogP) is 7.64. The zero-order valence-corrected chi connectivity index (χ0v) is 24.4. The Morgan fingerprint density at radius 1 is 0.805 bits per heavy atom. The fourth-order valence-electron chi connectivity index (χ4n) is 5.74. The van der Waals surface area contributed by atoms with Crippen molar-refractivity contribution in [1.82, 2.24) is 0 Å². The van der Waals surface area contributed by atoms with Gasteiger partial charge in [-0.2, -0.15) is 0 Å². The average molecular weight is 558 g/mol. The van der Waals surface area contributed by atoms with E-state index in [1.54, 1.807) is 48.5 Å². The number of fused-ring (bicyclic) bond motifs is 1. The van der Waals surface area contributed by atoms with Gasteiger partial charge in [-0.05, 0) is 68.7 Å². The Hall–Kier alpha value is -3.74. The fraction of sp³-hybridized carbons (Fsp3) is 0.471. The quantitative estimate of drug-likeness (QED) is 0.142. The van der Waals surface area contributed by atoms with Crippen molar-refractivity contribution in [2.24, 2.45) is 11.8 Å². The third-order valence-electron chi connectivity index (χ3n) is 8.12. The number of nitrogens with one attached hydrogen (secondary N) is 2. The lowest BCUT2D eigenvalue weighted by Gasteiger charge is -2.18. The van der Waals surface area contributed by atoms with Gasteiger partial charge in [-0.15, -0.1) is 0 Å². The molecule has 1 saturated heterocycles. The molecule has 4 amide bonds. The predicted molar refractivity (Wildman–Crippen MR) is 164 cm³/mol. The molecule has 2 N–H and O–H groups in total. The molecule has 4 rings (SSSR count). The van der Waals surface area contributed by atoms with E-state index in [2.05, 4.69) is 17.6 Å². The molecule has 41 heavy (non-hydrogen) atoms. The van der Waals surface area contributed by atoms with Crippen molar-refractivity contribution in [3.8, 4) is 0 Å². The second-order valence-electron chi connectivity index (χ2n) is 11.4. The summed E-state index contributed by atoms with van der Waals surface area (Å²) >= 11 is 0. The molecule has 0 aromatic heterocycles. The number of rotatable bonds is 14. The van der Waals surface area contributed by atoms with Gasteiger partial charge in [-0.3, -0.25) is 24.1 Å². The molecule has 1 aliphatic carbocycles. The molecule has 1 heterocycles. The van der Waals surface area contributed by atoms with Crippen LogP contribution in [0.25, 0.3) is 0 Å². The van der Waals surface area contributed by atoms with E-state index in [9.17, 15) is 19.2 Å². The smallest absolute Gasteiger partial charge is 0.255 e. The number of hydrogen-bond donors (Lipinski definition) is 2. The summed E-state index contributed by atoms with van der Waals surface area (Å²) in [5, 5.41) is 5.78. The van der Waals surface area contributed by atoms with Crippen LogP contribution in [-0.4, -0.2) is 23.6 Å². The molecular formula is C34H43N3O4. The number of carbonyl (C=O) groups is 4. The van der Waals surface area contributed by atoms with Crippen molar-refractivity contribution in [3.63, 3.8) is 0 Å². The first kappa shape index (κ1) is 30.2. The normalized spacial score (nSPS) is 18.2. The highest BCUT2D eigenvalue weighted by Crippen LogP contribution is 2.39. The Labute approximate surface area is 243 Å². The van der Waals surface area contributed by atoms with Gasteiger partial charge in [0, 0.05) is 23.4 Å². The Bertz CT molecular complexity index is 1270. The standard InChI is InChI=1S/C34H43N3O4/c1-3-4-5-6-7-8-9-10-11-15-31(38)35-26-17-19-27(20-18-26)36-32(39)25-13-12-14-28(23-25)37-33(40)29-21-16-24(2)22-30(29)34(37)41/h12-14,16-20,23,29-30H,3-11,15,21-22H2,1-2H3,(H,35,38)(H,36,39)/t29-,30+/m0/s1. The number of allylic oxidation sites excluding steroid dienone is 2. The zero-order valence-electron chi connectivity index (χ0n) is 24.4. The van der Waals surface area contributed by atoms with Crippen LogP contribution in [0.3, 0.4) is 0 Å². The molecular weight excluding hydrogens is 514 g/mol. The number of carbonyl (C=O) groups excluding carboxylic acids is 4. The average Bonchev–Trinajstić information content (AvgIpc) is 3.21. The van der Waals surface area contributed by atoms with Crippen LogP contribution in [-0.2, 0) is 14.4 Å². The first-order chi connectivity index (χ1) is 19.9. The second-order valence-corrected chi connectivity index (χ2v) is 11.4. The molecule has 1 fully saturated rings. The van der Waals surface area contributed by atoms with Gasteiger partial charge in [0.1, 0.15) is 0 Å². The summed E-state index contributed by atoms with van der Waals surface area (Å²) in [6.07, 6.45) is 14.6. The summed E-state index contributed by atoms with van der Waals surface area (Å²) < 4.78 is 0. The highest BCUT2D eigenvalue weighted by atomic mass is 16.2. The van der Waals surface area contributed by atoms with E-state index in [0.29, 0.717) is 41.9 Å². The number of amides is 4. The molecule has 2 aliphatic rings. The molecule has 1 aliphatic heterocycles. The van der Waals surface area contributed by atoms with Crippen LogP contribution in [0, 0.1) is 11.8 Å². The van der Waals surface area contributed by atoms with E-state index < -0.39 is 0 Å². The van der Waals surface area contributed by atoms with Crippen LogP contribution < -0.4 is 15.5 Å². The number of anilines is 3. The van der Waals surface area contributed by atoms with Gasteiger partial charge in [0.2, 0.25) is 17.7 Å². The summed E-state index contributed by atoms with van der Waals surface area (Å²) in [5.41, 5.74) is 3.17. The topological polar surface area (TPSA) is 95.6 Å². The maximum absolute atomic E-state index is 13.1. The van der Waals surface area contributed by atoms with Crippen molar-refractivity contribution >= 4 is 40.7 Å². The summed E-state index contributed by atoms with van der Waals surface area (Å²) in [5.74, 6) is -1.39.